The van der Waals surface area contributed by atoms with Crippen molar-refractivity contribution in [2.45, 2.75) is 20.3 Å². The van der Waals surface area contributed by atoms with Crippen LogP contribution in [0.15, 0.2) is 0 Å². The molecule has 0 aromatic heterocycles. The molecule has 0 heterocycles. The number of esters is 1. The first kappa shape index (κ1) is 15.4. The van der Waals surface area contributed by atoms with E-state index in [2.05, 4.69) is 4.74 Å². The highest BCUT2D eigenvalue weighted by Gasteiger charge is 2.54. The second-order valence-electron chi connectivity index (χ2n) is 4.36. The summed E-state index contributed by atoms with van der Waals surface area (Å²) in [6, 6.07) is 6.71. The Labute approximate surface area is 106 Å². The molecule has 0 rings (SSSR count). The average molecular weight is 244 g/mol. The normalized spacial score (nSPS) is 10.7. The number of nitriles is 4. The first-order valence-corrected chi connectivity index (χ1v) is 5.03. The van der Waals surface area contributed by atoms with Gasteiger partial charge in [-0.2, -0.15) is 21.0 Å². The topological polar surface area (TPSA) is 121 Å². The minimum absolute atomic E-state index is 0.232. The number of hydrogen-bond acceptors (Lipinski definition) is 6. The summed E-state index contributed by atoms with van der Waals surface area (Å²) in [5, 5.41) is 36.2. The summed E-state index contributed by atoms with van der Waals surface area (Å²) in [6.45, 7) is 2.97. The average Bonchev–Trinajstić information content (AvgIpc) is 2.34. The van der Waals surface area contributed by atoms with E-state index in [1.54, 1.807) is 24.3 Å². The van der Waals surface area contributed by atoms with Crippen molar-refractivity contribution in [3.05, 3.63) is 0 Å². The van der Waals surface area contributed by atoms with Crippen LogP contribution < -0.4 is 0 Å². The Morgan fingerprint density at radius 3 is 1.89 bits per heavy atom. The number of carbonyl (C=O) groups is 1. The van der Waals surface area contributed by atoms with Crippen molar-refractivity contribution in [1.29, 1.82) is 21.0 Å². The van der Waals surface area contributed by atoms with E-state index >= 15 is 0 Å². The molecule has 18 heavy (non-hydrogen) atoms. The highest BCUT2D eigenvalue weighted by molar-refractivity contribution is 5.70. The van der Waals surface area contributed by atoms with Gasteiger partial charge in [-0.25, -0.2) is 0 Å². The molecular formula is C12H12N4O2. The zero-order valence-corrected chi connectivity index (χ0v) is 10.4. The van der Waals surface area contributed by atoms with Crippen LogP contribution in [-0.2, 0) is 9.53 Å². The number of rotatable bonds is 4. The van der Waals surface area contributed by atoms with Crippen LogP contribution in [0.25, 0.3) is 0 Å². The van der Waals surface area contributed by atoms with E-state index in [-0.39, 0.29) is 6.42 Å². The van der Waals surface area contributed by atoms with Gasteiger partial charge in [0.1, 0.15) is 0 Å². The number of ether oxygens (including phenoxy) is 1. The molecule has 0 fully saturated rings. The Morgan fingerprint density at radius 2 is 1.61 bits per heavy atom. The van der Waals surface area contributed by atoms with Crippen LogP contribution in [0.5, 0.6) is 0 Å². The second-order valence-corrected chi connectivity index (χ2v) is 4.36. The molecule has 0 amide bonds. The van der Waals surface area contributed by atoms with Crippen molar-refractivity contribution in [2.75, 3.05) is 7.11 Å². The van der Waals surface area contributed by atoms with Gasteiger partial charge in [-0.15, -0.1) is 0 Å². The summed E-state index contributed by atoms with van der Waals surface area (Å²) >= 11 is 0. The van der Waals surface area contributed by atoms with Crippen LogP contribution in [0.4, 0.5) is 0 Å². The van der Waals surface area contributed by atoms with Gasteiger partial charge in [0, 0.05) is 5.41 Å². The fraction of sp³-hybridized carbons (Fsp3) is 0.583. The third kappa shape index (κ3) is 2.40. The largest absolute Gasteiger partial charge is 0.469 e. The van der Waals surface area contributed by atoms with E-state index < -0.39 is 22.7 Å². The summed E-state index contributed by atoms with van der Waals surface area (Å²) in [6.07, 6.45) is -0.232. The van der Waals surface area contributed by atoms with Crippen LogP contribution in [0.3, 0.4) is 0 Å². The third-order valence-corrected chi connectivity index (χ3v) is 2.93. The lowest BCUT2D eigenvalue weighted by Crippen LogP contribution is -2.42. The first-order chi connectivity index (χ1) is 8.35. The zero-order valence-electron chi connectivity index (χ0n) is 10.4. The van der Waals surface area contributed by atoms with E-state index in [1.807, 2.05) is 0 Å². The Bertz CT molecular complexity index is 468. The molecule has 0 spiro atoms. The van der Waals surface area contributed by atoms with E-state index in [1.165, 1.54) is 21.0 Å². The van der Waals surface area contributed by atoms with Gasteiger partial charge >= 0.3 is 5.97 Å². The quantitative estimate of drug-likeness (QED) is 0.686. The van der Waals surface area contributed by atoms with Crippen molar-refractivity contribution >= 4 is 5.97 Å². The van der Waals surface area contributed by atoms with Crippen LogP contribution in [0.2, 0.25) is 0 Å². The molecule has 0 aliphatic rings. The molecule has 0 unspecified atom stereocenters. The molecule has 0 saturated heterocycles. The van der Waals surface area contributed by atoms with E-state index in [4.69, 9.17) is 10.5 Å². The van der Waals surface area contributed by atoms with Crippen molar-refractivity contribution in [3.8, 4) is 24.3 Å². The van der Waals surface area contributed by atoms with Crippen molar-refractivity contribution in [3.63, 3.8) is 0 Å². The molecule has 6 heteroatoms. The lowest BCUT2D eigenvalue weighted by Gasteiger charge is -2.35. The predicted octanol–water partition coefficient (Wildman–Crippen LogP) is 1.27. The standard InChI is InChI=1S/C12H12N4O2/c1-11(2,4-10(17)18-3)12(7-15,8-16)9(5-13)6-14/h9H,4H2,1-3H3. The first-order valence-electron chi connectivity index (χ1n) is 5.03. The van der Waals surface area contributed by atoms with Crippen molar-refractivity contribution < 1.29 is 9.53 Å². The van der Waals surface area contributed by atoms with Gasteiger partial charge in [-0.3, -0.25) is 4.79 Å². The molecular weight excluding hydrogens is 232 g/mol. The van der Waals surface area contributed by atoms with E-state index in [0.29, 0.717) is 0 Å². The van der Waals surface area contributed by atoms with Crippen LogP contribution in [0.1, 0.15) is 20.3 Å². The Morgan fingerprint density at radius 1 is 1.17 bits per heavy atom. The lowest BCUT2D eigenvalue weighted by molar-refractivity contribution is -0.144. The molecule has 0 aliphatic carbocycles. The minimum Gasteiger partial charge on any atom is -0.469 e. The number of carbonyl (C=O) groups excluding carboxylic acids is 1. The maximum atomic E-state index is 11.3. The van der Waals surface area contributed by atoms with Gasteiger partial charge in [-0.1, -0.05) is 13.8 Å². The molecule has 6 nitrogen and oxygen atoms in total. The summed E-state index contributed by atoms with van der Waals surface area (Å²) in [7, 11) is 1.19. The minimum atomic E-state index is -1.88. The van der Waals surface area contributed by atoms with Gasteiger partial charge in [0.05, 0.1) is 37.8 Å². The molecule has 0 saturated carbocycles. The highest BCUT2D eigenvalue weighted by atomic mass is 16.5. The molecule has 0 aromatic carbocycles. The summed E-state index contributed by atoms with van der Waals surface area (Å²) in [5.74, 6) is -2.04. The molecule has 92 valence electrons. The molecule has 0 bridgehead atoms. The van der Waals surface area contributed by atoms with Gasteiger partial charge in [0.25, 0.3) is 0 Å². The lowest BCUT2D eigenvalue weighted by atomic mass is 9.59. The van der Waals surface area contributed by atoms with E-state index in [0.717, 1.165) is 0 Å². The Kier molecular flexibility index (Phi) is 4.86. The monoisotopic (exact) mass is 244 g/mol. The van der Waals surface area contributed by atoms with Crippen LogP contribution in [-0.4, -0.2) is 13.1 Å². The maximum absolute atomic E-state index is 11.3. The summed E-state index contributed by atoms with van der Waals surface area (Å²) in [4.78, 5) is 11.3. The molecule has 0 aromatic rings. The fourth-order valence-electron chi connectivity index (χ4n) is 1.64. The zero-order chi connectivity index (χ0) is 14.4. The van der Waals surface area contributed by atoms with Gasteiger partial charge in [-0.05, 0) is 0 Å². The molecule has 0 atom stereocenters. The Balaban J connectivity index is 5.73. The van der Waals surface area contributed by atoms with E-state index in [9.17, 15) is 15.3 Å². The number of nitrogens with zero attached hydrogens (tertiary/aromatic N) is 4. The van der Waals surface area contributed by atoms with Gasteiger partial charge in [0.15, 0.2) is 11.3 Å². The smallest absolute Gasteiger partial charge is 0.306 e. The summed E-state index contributed by atoms with van der Waals surface area (Å²) < 4.78 is 4.49. The number of methoxy groups -OCH3 is 1. The predicted molar refractivity (Wildman–Crippen MR) is 58.8 cm³/mol. The summed E-state index contributed by atoms with van der Waals surface area (Å²) in [5.41, 5.74) is -3.07. The van der Waals surface area contributed by atoms with Crippen molar-refractivity contribution in [1.82, 2.24) is 0 Å². The third-order valence-electron chi connectivity index (χ3n) is 2.93. The SMILES string of the molecule is COC(=O)CC(C)(C)C(C#N)(C#N)C(C#N)C#N. The molecule has 0 radical (unpaired) electrons. The van der Waals surface area contributed by atoms with Crippen LogP contribution in [0, 0.1) is 62.1 Å². The highest BCUT2D eigenvalue weighted by Crippen LogP contribution is 2.46. The molecule has 0 aliphatic heterocycles. The van der Waals surface area contributed by atoms with Crippen molar-refractivity contribution in [2.24, 2.45) is 16.7 Å². The fourth-order valence-corrected chi connectivity index (χ4v) is 1.64. The number of hydrogen-bond donors (Lipinski definition) is 0. The van der Waals surface area contributed by atoms with Gasteiger partial charge < -0.3 is 4.74 Å². The molecule has 0 N–H and O–H groups in total. The maximum Gasteiger partial charge on any atom is 0.306 e. The second kappa shape index (κ2) is 5.67. The van der Waals surface area contributed by atoms with Gasteiger partial charge in [0.2, 0.25) is 0 Å². The van der Waals surface area contributed by atoms with Crippen LogP contribution >= 0.6 is 0 Å². The Hall–Kier alpha value is -2.57.